The van der Waals surface area contributed by atoms with Gasteiger partial charge in [-0.05, 0) is 37.1 Å². The molecule has 4 rings (SSSR count). The van der Waals surface area contributed by atoms with Crippen LogP contribution in [0.3, 0.4) is 0 Å². The van der Waals surface area contributed by atoms with Crippen molar-refractivity contribution < 1.29 is 9.59 Å². The van der Waals surface area contributed by atoms with Gasteiger partial charge >= 0.3 is 0 Å². The minimum Gasteiger partial charge on any atom is -0.357 e. The van der Waals surface area contributed by atoms with Gasteiger partial charge in [0.15, 0.2) is 0 Å². The summed E-state index contributed by atoms with van der Waals surface area (Å²) < 4.78 is 0. The number of carbonyl (C=O) groups excluding carboxylic acids is 2. The van der Waals surface area contributed by atoms with Gasteiger partial charge in [-0.25, -0.2) is 4.98 Å². The molecule has 1 N–H and O–H groups in total. The van der Waals surface area contributed by atoms with Crippen LogP contribution in [0.25, 0.3) is 0 Å². The Balaban J connectivity index is 1.38. The van der Waals surface area contributed by atoms with Crippen molar-refractivity contribution >= 4 is 29.0 Å². The summed E-state index contributed by atoms with van der Waals surface area (Å²) >= 11 is 0. The molecule has 0 aliphatic carbocycles. The van der Waals surface area contributed by atoms with Gasteiger partial charge < -0.3 is 15.1 Å². The molecule has 2 aliphatic rings. The molecule has 134 valence electrons. The minimum atomic E-state index is -0.346. The first kappa shape index (κ1) is 16.6. The van der Waals surface area contributed by atoms with Crippen LogP contribution >= 0.6 is 0 Å². The number of rotatable bonds is 4. The van der Waals surface area contributed by atoms with Crippen LogP contribution in [0.5, 0.6) is 0 Å². The Hall–Kier alpha value is -2.89. The number of amides is 2. The van der Waals surface area contributed by atoms with Crippen molar-refractivity contribution in [2.45, 2.75) is 19.3 Å². The predicted molar refractivity (Wildman–Crippen MR) is 101 cm³/mol. The van der Waals surface area contributed by atoms with E-state index in [4.69, 9.17) is 0 Å². The Kier molecular flexibility index (Phi) is 4.56. The maximum Gasteiger partial charge on any atom is 0.229 e. The third-order valence-electron chi connectivity index (χ3n) is 5.01. The first-order valence-electron chi connectivity index (χ1n) is 9.08. The van der Waals surface area contributed by atoms with E-state index in [2.05, 4.69) is 15.2 Å². The monoisotopic (exact) mass is 350 g/mol. The Morgan fingerprint density at radius 3 is 2.54 bits per heavy atom. The van der Waals surface area contributed by atoms with Gasteiger partial charge in [-0.2, -0.15) is 0 Å². The van der Waals surface area contributed by atoms with Gasteiger partial charge in [-0.15, -0.1) is 0 Å². The first-order valence-corrected chi connectivity index (χ1v) is 9.08. The number of anilines is 3. The summed E-state index contributed by atoms with van der Waals surface area (Å²) in [6.45, 7) is 2.49. The molecular weight excluding hydrogens is 328 g/mol. The average molecular weight is 350 g/mol. The molecular formula is C20H22N4O2. The van der Waals surface area contributed by atoms with Crippen LogP contribution in [0.4, 0.5) is 17.2 Å². The van der Waals surface area contributed by atoms with Crippen molar-refractivity contribution in [1.82, 2.24) is 4.98 Å². The van der Waals surface area contributed by atoms with Gasteiger partial charge in [0.2, 0.25) is 11.8 Å². The van der Waals surface area contributed by atoms with Crippen molar-refractivity contribution in [3.05, 3.63) is 48.7 Å². The molecule has 1 aromatic heterocycles. The maximum absolute atomic E-state index is 12.6. The second-order valence-electron chi connectivity index (χ2n) is 6.83. The number of pyridine rings is 1. The standard InChI is InChI=1S/C20H22N4O2/c25-19-12-15(14-24(19)17-6-2-1-3-7-17)20(26)22-16-8-9-18(21-13-16)23-10-4-5-11-23/h1-3,6-9,13,15H,4-5,10-12,14H2,(H,22,26). The lowest BCUT2D eigenvalue weighted by atomic mass is 10.1. The highest BCUT2D eigenvalue weighted by Gasteiger charge is 2.35. The SMILES string of the molecule is O=C(Nc1ccc(N2CCCC2)nc1)C1CC(=O)N(c2ccccc2)C1. The quantitative estimate of drug-likeness (QED) is 0.921. The summed E-state index contributed by atoms with van der Waals surface area (Å²) in [5.41, 5.74) is 1.51. The number of carbonyl (C=O) groups is 2. The van der Waals surface area contributed by atoms with Gasteiger partial charge in [-0.1, -0.05) is 18.2 Å². The van der Waals surface area contributed by atoms with E-state index in [9.17, 15) is 9.59 Å². The fourth-order valence-electron chi connectivity index (χ4n) is 3.58. The van der Waals surface area contributed by atoms with Crippen LogP contribution in [0.2, 0.25) is 0 Å². The molecule has 0 bridgehead atoms. The Morgan fingerprint density at radius 2 is 1.85 bits per heavy atom. The zero-order valence-corrected chi connectivity index (χ0v) is 14.6. The molecule has 1 unspecified atom stereocenters. The van der Waals surface area contributed by atoms with Crippen molar-refractivity contribution in [1.29, 1.82) is 0 Å². The molecule has 0 spiro atoms. The van der Waals surface area contributed by atoms with E-state index in [0.717, 1.165) is 24.6 Å². The van der Waals surface area contributed by atoms with Crippen LogP contribution in [-0.2, 0) is 9.59 Å². The molecule has 2 amide bonds. The topological polar surface area (TPSA) is 65.5 Å². The lowest BCUT2D eigenvalue weighted by molar-refractivity contribution is -0.122. The summed E-state index contributed by atoms with van der Waals surface area (Å²) in [6, 6.07) is 13.3. The van der Waals surface area contributed by atoms with Gasteiger partial charge in [0.05, 0.1) is 17.8 Å². The van der Waals surface area contributed by atoms with E-state index >= 15 is 0 Å². The van der Waals surface area contributed by atoms with Crippen molar-refractivity contribution in [2.75, 3.05) is 34.8 Å². The third-order valence-corrected chi connectivity index (χ3v) is 5.01. The Labute approximate surface area is 152 Å². The highest BCUT2D eigenvalue weighted by molar-refractivity contribution is 6.03. The highest BCUT2D eigenvalue weighted by atomic mass is 16.2. The third kappa shape index (κ3) is 3.40. The van der Waals surface area contributed by atoms with E-state index in [0.29, 0.717) is 12.2 Å². The summed E-state index contributed by atoms with van der Waals surface area (Å²) in [7, 11) is 0. The van der Waals surface area contributed by atoms with Crippen molar-refractivity contribution in [3.63, 3.8) is 0 Å². The lowest BCUT2D eigenvalue weighted by Crippen LogP contribution is -2.28. The van der Waals surface area contributed by atoms with Crippen LogP contribution in [0.15, 0.2) is 48.7 Å². The molecule has 2 aromatic rings. The van der Waals surface area contributed by atoms with Gasteiger partial charge in [0.25, 0.3) is 0 Å². The number of aromatic nitrogens is 1. The number of benzene rings is 1. The second-order valence-corrected chi connectivity index (χ2v) is 6.83. The number of hydrogen-bond acceptors (Lipinski definition) is 4. The number of nitrogens with one attached hydrogen (secondary N) is 1. The van der Waals surface area contributed by atoms with E-state index in [1.807, 2.05) is 42.5 Å². The molecule has 1 aromatic carbocycles. The first-order chi connectivity index (χ1) is 12.7. The molecule has 3 heterocycles. The summed E-state index contributed by atoms with van der Waals surface area (Å²) in [6.07, 6.45) is 4.33. The molecule has 6 nitrogen and oxygen atoms in total. The molecule has 2 aliphatic heterocycles. The largest absolute Gasteiger partial charge is 0.357 e. The van der Waals surface area contributed by atoms with Crippen molar-refractivity contribution in [2.24, 2.45) is 5.92 Å². The van der Waals surface area contributed by atoms with Crippen LogP contribution in [0.1, 0.15) is 19.3 Å². The molecule has 2 saturated heterocycles. The Morgan fingerprint density at radius 1 is 1.08 bits per heavy atom. The van der Waals surface area contributed by atoms with E-state index in [-0.39, 0.29) is 24.2 Å². The van der Waals surface area contributed by atoms with Crippen LogP contribution in [0, 0.1) is 5.92 Å². The van der Waals surface area contributed by atoms with E-state index in [1.54, 1.807) is 11.1 Å². The number of para-hydroxylation sites is 1. The Bertz CT molecular complexity index is 785. The maximum atomic E-state index is 12.6. The van der Waals surface area contributed by atoms with E-state index < -0.39 is 0 Å². The summed E-state index contributed by atoms with van der Waals surface area (Å²) in [5.74, 6) is 0.458. The smallest absolute Gasteiger partial charge is 0.229 e. The van der Waals surface area contributed by atoms with Gasteiger partial charge in [0.1, 0.15) is 5.82 Å². The molecule has 2 fully saturated rings. The minimum absolute atomic E-state index is 0.0149. The lowest BCUT2D eigenvalue weighted by Gasteiger charge is -2.17. The fraction of sp³-hybridized carbons (Fsp3) is 0.350. The molecule has 0 radical (unpaired) electrons. The summed E-state index contributed by atoms with van der Waals surface area (Å²) in [4.78, 5) is 33.2. The second kappa shape index (κ2) is 7.15. The van der Waals surface area contributed by atoms with Gasteiger partial charge in [0, 0.05) is 31.7 Å². The predicted octanol–water partition coefficient (Wildman–Crippen LogP) is 2.67. The van der Waals surface area contributed by atoms with E-state index in [1.165, 1.54) is 12.8 Å². The number of nitrogens with zero attached hydrogens (tertiary/aromatic N) is 3. The molecule has 0 saturated carbocycles. The van der Waals surface area contributed by atoms with Crippen LogP contribution < -0.4 is 15.1 Å². The zero-order valence-electron chi connectivity index (χ0n) is 14.6. The number of hydrogen-bond donors (Lipinski definition) is 1. The van der Waals surface area contributed by atoms with Gasteiger partial charge in [-0.3, -0.25) is 9.59 Å². The summed E-state index contributed by atoms with van der Waals surface area (Å²) in [5, 5.41) is 2.90. The zero-order chi connectivity index (χ0) is 17.9. The van der Waals surface area contributed by atoms with Crippen molar-refractivity contribution in [3.8, 4) is 0 Å². The molecule has 1 atom stereocenters. The highest BCUT2D eigenvalue weighted by Crippen LogP contribution is 2.26. The fourth-order valence-corrected chi connectivity index (χ4v) is 3.58. The average Bonchev–Trinajstić information content (AvgIpc) is 3.33. The normalized spacial score (nSPS) is 19.8. The van der Waals surface area contributed by atoms with Crippen LogP contribution in [-0.4, -0.2) is 36.4 Å². The molecule has 26 heavy (non-hydrogen) atoms. The molecule has 6 heteroatoms.